The number of Topliss-reactive ketones (excluding diaryl/α,β-unsaturated/α-hetero) is 1. The SMILES string of the molecule is CCOc1ccccc1OCCC(=O)O[C@@H](C)C(=O)Nc1cccc(C(C)=O)c1. The minimum Gasteiger partial charge on any atom is -0.490 e. The molecule has 0 aliphatic heterocycles. The van der Waals surface area contributed by atoms with Crippen molar-refractivity contribution in [2.75, 3.05) is 18.5 Å². The minimum atomic E-state index is -0.987. The topological polar surface area (TPSA) is 90.9 Å². The fraction of sp³-hybridized carbons (Fsp3) is 0.318. The second kappa shape index (κ2) is 10.8. The van der Waals surface area contributed by atoms with Gasteiger partial charge in [-0.25, -0.2) is 0 Å². The standard InChI is InChI=1S/C22H25NO6/c1-4-27-19-10-5-6-11-20(19)28-13-12-21(25)29-16(3)22(26)23-18-9-7-8-17(14-18)15(2)24/h5-11,14,16H,4,12-13H2,1-3H3,(H,23,26)/t16-/m0/s1. The molecular formula is C22H25NO6. The number of carbonyl (C=O) groups is 3. The van der Waals surface area contributed by atoms with Gasteiger partial charge in [0.05, 0.1) is 19.6 Å². The molecular weight excluding hydrogens is 374 g/mol. The van der Waals surface area contributed by atoms with Crippen molar-refractivity contribution in [3.05, 3.63) is 54.1 Å². The third kappa shape index (κ3) is 6.95. The van der Waals surface area contributed by atoms with Crippen LogP contribution >= 0.6 is 0 Å². The molecule has 1 atom stereocenters. The first-order valence-corrected chi connectivity index (χ1v) is 9.36. The van der Waals surface area contributed by atoms with E-state index in [0.717, 1.165) is 0 Å². The molecule has 0 heterocycles. The Balaban J connectivity index is 1.80. The number of rotatable bonds is 10. The highest BCUT2D eigenvalue weighted by Crippen LogP contribution is 2.26. The van der Waals surface area contributed by atoms with Crippen LogP contribution in [0.15, 0.2) is 48.5 Å². The number of hydrogen-bond donors (Lipinski definition) is 1. The lowest BCUT2D eigenvalue weighted by molar-refractivity contribution is -0.153. The molecule has 2 aromatic carbocycles. The Morgan fingerprint density at radius 3 is 2.34 bits per heavy atom. The smallest absolute Gasteiger partial charge is 0.310 e. The number of esters is 1. The van der Waals surface area contributed by atoms with E-state index >= 15 is 0 Å². The van der Waals surface area contributed by atoms with Crippen molar-refractivity contribution < 1.29 is 28.6 Å². The van der Waals surface area contributed by atoms with Crippen molar-refractivity contribution in [1.29, 1.82) is 0 Å². The van der Waals surface area contributed by atoms with Crippen molar-refractivity contribution in [2.24, 2.45) is 0 Å². The largest absolute Gasteiger partial charge is 0.490 e. The van der Waals surface area contributed by atoms with Crippen LogP contribution in [0.25, 0.3) is 0 Å². The maximum absolute atomic E-state index is 12.2. The number of anilines is 1. The van der Waals surface area contributed by atoms with E-state index < -0.39 is 18.0 Å². The maximum Gasteiger partial charge on any atom is 0.310 e. The molecule has 7 nitrogen and oxygen atoms in total. The molecule has 1 N–H and O–H groups in total. The minimum absolute atomic E-state index is 0.0160. The molecule has 0 aliphatic rings. The average Bonchev–Trinajstić information content (AvgIpc) is 2.69. The molecule has 29 heavy (non-hydrogen) atoms. The predicted octanol–water partition coefficient (Wildman–Crippen LogP) is 3.63. The van der Waals surface area contributed by atoms with Gasteiger partial charge in [0.2, 0.25) is 0 Å². The highest BCUT2D eigenvalue weighted by Gasteiger charge is 2.18. The van der Waals surface area contributed by atoms with Gasteiger partial charge in [0.25, 0.3) is 5.91 Å². The van der Waals surface area contributed by atoms with E-state index in [4.69, 9.17) is 14.2 Å². The number of nitrogens with one attached hydrogen (secondary N) is 1. The van der Waals surface area contributed by atoms with Crippen LogP contribution in [-0.2, 0) is 14.3 Å². The summed E-state index contributed by atoms with van der Waals surface area (Å²) in [5, 5.41) is 2.63. The van der Waals surface area contributed by atoms with Crippen molar-refractivity contribution in [3.8, 4) is 11.5 Å². The molecule has 0 aliphatic carbocycles. The maximum atomic E-state index is 12.2. The first-order valence-electron chi connectivity index (χ1n) is 9.36. The number of para-hydroxylation sites is 2. The highest BCUT2D eigenvalue weighted by atomic mass is 16.6. The predicted molar refractivity (Wildman–Crippen MR) is 108 cm³/mol. The van der Waals surface area contributed by atoms with Crippen molar-refractivity contribution in [2.45, 2.75) is 33.3 Å². The Kier molecular flexibility index (Phi) is 8.21. The first kappa shape index (κ1) is 21.9. The van der Waals surface area contributed by atoms with Crippen LogP contribution in [0.1, 0.15) is 37.6 Å². The normalized spacial score (nSPS) is 11.3. The van der Waals surface area contributed by atoms with Crippen molar-refractivity contribution in [3.63, 3.8) is 0 Å². The molecule has 0 spiro atoms. The summed E-state index contributed by atoms with van der Waals surface area (Å²) >= 11 is 0. The summed E-state index contributed by atoms with van der Waals surface area (Å²) in [6.45, 7) is 5.40. The Hall–Kier alpha value is -3.35. The molecule has 0 bridgehead atoms. The van der Waals surface area contributed by atoms with E-state index in [1.165, 1.54) is 13.8 Å². The molecule has 2 rings (SSSR count). The van der Waals surface area contributed by atoms with Gasteiger partial charge in [-0.1, -0.05) is 24.3 Å². The van der Waals surface area contributed by atoms with Gasteiger partial charge >= 0.3 is 5.97 Å². The zero-order valence-electron chi connectivity index (χ0n) is 16.8. The fourth-order valence-corrected chi connectivity index (χ4v) is 2.46. The summed E-state index contributed by atoms with van der Waals surface area (Å²) in [6, 6.07) is 13.7. The number of ketones is 1. The fourth-order valence-electron chi connectivity index (χ4n) is 2.46. The highest BCUT2D eigenvalue weighted by molar-refractivity contribution is 5.98. The summed E-state index contributed by atoms with van der Waals surface area (Å²) in [6.07, 6.45) is -1.00. The van der Waals surface area contributed by atoms with Crippen LogP contribution in [0.5, 0.6) is 11.5 Å². The monoisotopic (exact) mass is 399 g/mol. The number of carbonyl (C=O) groups excluding carboxylic acids is 3. The Bertz CT molecular complexity index is 864. The van der Waals surface area contributed by atoms with Gasteiger partial charge in [0.1, 0.15) is 0 Å². The van der Waals surface area contributed by atoms with Crippen molar-refractivity contribution in [1.82, 2.24) is 0 Å². The lowest BCUT2D eigenvalue weighted by atomic mass is 10.1. The zero-order valence-corrected chi connectivity index (χ0v) is 16.8. The van der Waals surface area contributed by atoms with Gasteiger partial charge in [0, 0.05) is 11.3 Å². The Morgan fingerprint density at radius 1 is 1.00 bits per heavy atom. The van der Waals surface area contributed by atoms with Gasteiger partial charge in [-0.05, 0) is 45.0 Å². The lowest BCUT2D eigenvalue weighted by Gasteiger charge is -2.15. The Labute approximate surface area is 170 Å². The molecule has 0 fully saturated rings. The molecule has 2 aromatic rings. The quantitative estimate of drug-likeness (QED) is 0.485. The number of amides is 1. The van der Waals surface area contributed by atoms with Crippen LogP contribution in [0, 0.1) is 0 Å². The summed E-state index contributed by atoms with van der Waals surface area (Å²) in [5.41, 5.74) is 0.943. The van der Waals surface area contributed by atoms with Gasteiger partial charge < -0.3 is 19.5 Å². The number of hydrogen-bond acceptors (Lipinski definition) is 6. The van der Waals surface area contributed by atoms with Gasteiger partial charge in [-0.3, -0.25) is 14.4 Å². The molecule has 0 saturated heterocycles. The van der Waals surface area contributed by atoms with Crippen LogP contribution < -0.4 is 14.8 Å². The van der Waals surface area contributed by atoms with Gasteiger partial charge in [-0.15, -0.1) is 0 Å². The number of ether oxygens (including phenoxy) is 3. The van der Waals surface area contributed by atoms with Crippen molar-refractivity contribution >= 4 is 23.3 Å². The zero-order chi connectivity index (χ0) is 21.2. The second-order valence-electron chi connectivity index (χ2n) is 6.24. The molecule has 7 heteroatoms. The van der Waals surface area contributed by atoms with E-state index in [-0.39, 0.29) is 18.8 Å². The van der Waals surface area contributed by atoms with E-state index in [2.05, 4.69) is 5.32 Å². The van der Waals surface area contributed by atoms with Gasteiger partial charge in [-0.2, -0.15) is 0 Å². The molecule has 1 amide bonds. The molecule has 154 valence electrons. The Morgan fingerprint density at radius 2 is 1.69 bits per heavy atom. The van der Waals surface area contributed by atoms with Crippen LogP contribution in [0.2, 0.25) is 0 Å². The third-order valence-electron chi connectivity index (χ3n) is 3.93. The van der Waals surface area contributed by atoms with E-state index in [0.29, 0.717) is 29.4 Å². The third-order valence-corrected chi connectivity index (χ3v) is 3.93. The molecule has 0 radical (unpaired) electrons. The number of benzene rings is 2. The second-order valence-corrected chi connectivity index (χ2v) is 6.24. The average molecular weight is 399 g/mol. The molecule has 0 saturated carbocycles. The summed E-state index contributed by atoms with van der Waals surface area (Å²) < 4.78 is 16.2. The van der Waals surface area contributed by atoms with Crippen LogP contribution in [-0.4, -0.2) is 37.0 Å². The van der Waals surface area contributed by atoms with Gasteiger partial charge in [0.15, 0.2) is 23.4 Å². The summed E-state index contributed by atoms with van der Waals surface area (Å²) in [4.78, 5) is 35.6. The van der Waals surface area contributed by atoms with E-state index in [1.54, 1.807) is 36.4 Å². The summed E-state index contributed by atoms with van der Waals surface area (Å²) in [7, 11) is 0. The molecule has 0 unspecified atom stereocenters. The first-order chi connectivity index (χ1) is 13.9. The van der Waals surface area contributed by atoms with E-state index in [1.807, 2.05) is 19.1 Å². The van der Waals surface area contributed by atoms with E-state index in [9.17, 15) is 14.4 Å². The lowest BCUT2D eigenvalue weighted by Crippen LogP contribution is -2.30. The summed E-state index contributed by atoms with van der Waals surface area (Å²) in [5.74, 6) is -0.00521. The molecule has 0 aromatic heterocycles. The van der Waals surface area contributed by atoms with Crippen LogP contribution in [0.3, 0.4) is 0 Å². The van der Waals surface area contributed by atoms with Crippen LogP contribution in [0.4, 0.5) is 5.69 Å².